The Morgan fingerprint density at radius 1 is 1.63 bits per heavy atom. The highest BCUT2D eigenvalue weighted by Gasteiger charge is 2.25. The lowest BCUT2D eigenvalue weighted by atomic mass is 10.2. The lowest BCUT2D eigenvalue weighted by molar-refractivity contribution is -0.991. The summed E-state index contributed by atoms with van der Waals surface area (Å²) in [6.07, 6.45) is 1.37. The molecule has 1 aromatic rings. The van der Waals surface area contributed by atoms with Crippen LogP contribution in [0.2, 0.25) is 5.02 Å². The van der Waals surface area contributed by atoms with Gasteiger partial charge in [-0.25, -0.2) is 5.21 Å². The van der Waals surface area contributed by atoms with Crippen molar-refractivity contribution in [2.75, 3.05) is 5.75 Å². The fourth-order valence-electron chi connectivity index (χ4n) is 1.37. The van der Waals surface area contributed by atoms with Crippen LogP contribution in [0.1, 0.15) is 5.56 Å². The van der Waals surface area contributed by atoms with Gasteiger partial charge in [-0.05, 0) is 6.07 Å². The molecule has 0 spiro atoms. The van der Waals surface area contributed by atoms with Gasteiger partial charge in [0.05, 0.1) is 12.0 Å². The molecule has 1 saturated heterocycles. The van der Waals surface area contributed by atoms with Gasteiger partial charge in [-0.3, -0.25) is 4.79 Å². The number of halogens is 1. The molecule has 2 N–H and O–H groups in total. The Morgan fingerprint density at radius 2 is 2.37 bits per heavy atom. The maximum atomic E-state index is 11.4. The zero-order valence-corrected chi connectivity index (χ0v) is 11.8. The molecule has 0 bridgehead atoms. The van der Waals surface area contributed by atoms with E-state index in [1.807, 2.05) is 0 Å². The Balaban J connectivity index is 2.21. The molecule has 100 valence electrons. The third kappa shape index (κ3) is 3.30. The zero-order valence-electron chi connectivity index (χ0n) is 9.37. The molecule has 0 saturated carbocycles. The van der Waals surface area contributed by atoms with E-state index in [2.05, 4.69) is 5.10 Å². The van der Waals surface area contributed by atoms with Crippen LogP contribution in [0, 0.1) is 5.21 Å². The van der Waals surface area contributed by atoms with Gasteiger partial charge in [0.25, 0.3) is 5.91 Å². The van der Waals surface area contributed by atoms with Gasteiger partial charge in [0.15, 0.2) is 10.0 Å². The molecule has 1 heterocycles. The van der Waals surface area contributed by atoms with Crippen LogP contribution in [0.3, 0.4) is 0 Å². The summed E-state index contributed by atoms with van der Waals surface area (Å²) >= 11 is 11.9. The molecule has 1 aromatic carbocycles. The summed E-state index contributed by atoms with van der Waals surface area (Å²) in [4.78, 5) is 11.4. The standard InChI is InChI=1S/C10H8ClN3O3S2/c11-7-2-1-6(3-8(7)14(16)17)4-12-13-9(15)5-19-10(13)18/h1-4,14,16H,5H2/b12-4+. The fourth-order valence-corrected chi connectivity index (χ4v) is 2.54. The van der Waals surface area contributed by atoms with E-state index in [0.29, 0.717) is 9.88 Å². The molecule has 1 fully saturated rings. The number of rotatable bonds is 3. The topological polar surface area (TPSA) is 80.4 Å². The molecule has 19 heavy (non-hydrogen) atoms. The fraction of sp³-hybridized carbons (Fsp3) is 0.100. The van der Waals surface area contributed by atoms with Crippen molar-refractivity contribution in [3.63, 3.8) is 0 Å². The first kappa shape index (κ1) is 14.4. The van der Waals surface area contributed by atoms with Crippen molar-refractivity contribution >= 4 is 57.7 Å². The summed E-state index contributed by atoms with van der Waals surface area (Å²) in [5.74, 6) is 0.0793. The number of hydrogen-bond donors (Lipinski definition) is 2. The first-order chi connectivity index (χ1) is 8.99. The minimum atomic E-state index is -1.12. The Kier molecular flexibility index (Phi) is 4.50. The normalized spacial score (nSPS) is 17.5. The number of benzene rings is 1. The lowest BCUT2D eigenvalue weighted by Crippen LogP contribution is -2.99. The third-order valence-corrected chi connectivity index (χ3v) is 3.94. The number of thioether (sulfide) groups is 1. The molecule has 6 nitrogen and oxygen atoms in total. The quantitative estimate of drug-likeness (QED) is 0.492. The van der Waals surface area contributed by atoms with E-state index >= 15 is 0 Å². The van der Waals surface area contributed by atoms with E-state index in [-0.39, 0.29) is 22.4 Å². The second-order valence-corrected chi connectivity index (χ2v) is 5.57. The predicted molar refractivity (Wildman–Crippen MR) is 76.7 cm³/mol. The van der Waals surface area contributed by atoms with Crippen molar-refractivity contribution in [2.24, 2.45) is 5.10 Å². The number of carbonyl (C=O) groups is 1. The average Bonchev–Trinajstić information content (AvgIpc) is 2.68. The van der Waals surface area contributed by atoms with E-state index in [1.165, 1.54) is 30.1 Å². The van der Waals surface area contributed by atoms with Gasteiger partial charge in [0.2, 0.25) is 0 Å². The molecule has 2 rings (SSSR count). The maximum absolute atomic E-state index is 11.4. The molecule has 1 aliphatic rings. The van der Waals surface area contributed by atoms with Gasteiger partial charge in [-0.1, -0.05) is 41.6 Å². The molecule has 1 unspecified atom stereocenters. The van der Waals surface area contributed by atoms with Gasteiger partial charge < -0.3 is 5.21 Å². The van der Waals surface area contributed by atoms with Crippen molar-refractivity contribution in [1.29, 1.82) is 0 Å². The van der Waals surface area contributed by atoms with E-state index in [1.54, 1.807) is 6.07 Å². The molecule has 0 aromatic heterocycles. The van der Waals surface area contributed by atoms with E-state index in [9.17, 15) is 10.0 Å². The largest absolute Gasteiger partial charge is 0.595 e. The van der Waals surface area contributed by atoms with Crippen LogP contribution in [-0.2, 0) is 4.79 Å². The number of hydrogen-bond acceptors (Lipinski definition) is 6. The molecule has 1 amide bonds. The van der Waals surface area contributed by atoms with Crippen LogP contribution in [-0.4, -0.2) is 32.4 Å². The van der Waals surface area contributed by atoms with Gasteiger partial charge in [0, 0.05) is 11.6 Å². The van der Waals surface area contributed by atoms with E-state index in [4.69, 9.17) is 29.0 Å². The number of carbonyl (C=O) groups excluding carboxylic acids is 1. The van der Waals surface area contributed by atoms with Crippen LogP contribution in [0.5, 0.6) is 0 Å². The number of thiocarbonyl (C=S) groups is 1. The predicted octanol–water partition coefficient (Wildman–Crippen LogP) is 0.938. The van der Waals surface area contributed by atoms with Crippen molar-refractivity contribution in [2.45, 2.75) is 0 Å². The Hall–Kier alpha value is -1.03. The molecule has 1 atom stereocenters. The van der Waals surface area contributed by atoms with Crippen molar-refractivity contribution in [1.82, 2.24) is 5.01 Å². The smallest absolute Gasteiger partial charge is 0.259 e. The highest BCUT2D eigenvalue weighted by molar-refractivity contribution is 8.23. The van der Waals surface area contributed by atoms with Crippen molar-refractivity contribution in [3.05, 3.63) is 34.0 Å². The molecule has 1 aliphatic heterocycles. The van der Waals surface area contributed by atoms with Gasteiger partial charge >= 0.3 is 0 Å². The second-order valence-electron chi connectivity index (χ2n) is 3.55. The molecule has 0 aliphatic carbocycles. The van der Waals surface area contributed by atoms with Crippen LogP contribution in [0.15, 0.2) is 23.3 Å². The van der Waals surface area contributed by atoms with Crippen LogP contribution < -0.4 is 5.23 Å². The molecule has 0 radical (unpaired) electrons. The van der Waals surface area contributed by atoms with Crippen molar-refractivity contribution < 1.29 is 15.2 Å². The van der Waals surface area contributed by atoms with Crippen LogP contribution in [0.25, 0.3) is 0 Å². The van der Waals surface area contributed by atoms with E-state index < -0.39 is 5.23 Å². The summed E-state index contributed by atoms with van der Waals surface area (Å²) in [5, 5.41) is 23.9. The SMILES string of the molecule is O=C1CSC(=S)N1/N=C/c1ccc(Cl)c([NH+]([O-])O)c1. The Bertz CT molecular complexity index is 549. The van der Waals surface area contributed by atoms with Gasteiger partial charge in [0.1, 0.15) is 5.02 Å². The summed E-state index contributed by atoms with van der Waals surface area (Å²) in [7, 11) is 0. The first-order valence-electron chi connectivity index (χ1n) is 5.05. The highest BCUT2D eigenvalue weighted by Crippen LogP contribution is 2.21. The third-order valence-electron chi connectivity index (χ3n) is 2.27. The number of nitrogens with zero attached hydrogens (tertiary/aromatic N) is 2. The first-order valence-corrected chi connectivity index (χ1v) is 6.83. The van der Waals surface area contributed by atoms with Gasteiger partial charge in [-0.2, -0.15) is 15.3 Å². The maximum Gasteiger partial charge on any atom is 0.259 e. The summed E-state index contributed by atoms with van der Waals surface area (Å²) in [5.41, 5.74) is 0.504. The monoisotopic (exact) mass is 317 g/mol. The summed E-state index contributed by atoms with van der Waals surface area (Å²) < 4.78 is 0.383. The number of amides is 1. The lowest BCUT2D eigenvalue weighted by Gasteiger charge is -2.13. The van der Waals surface area contributed by atoms with Gasteiger partial charge in [-0.15, -0.1) is 0 Å². The number of quaternary nitrogens is 1. The van der Waals surface area contributed by atoms with Crippen molar-refractivity contribution in [3.8, 4) is 0 Å². The summed E-state index contributed by atoms with van der Waals surface area (Å²) in [6.45, 7) is 0. The Labute approximate surface area is 123 Å². The molecule has 9 heteroatoms. The zero-order chi connectivity index (χ0) is 14.0. The summed E-state index contributed by atoms with van der Waals surface area (Å²) in [6, 6.07) is 4.45. The Morgan fingerprint density at radius 3 is 2.95 bits per heavy atom. The highest BCUT2D eigenvalue weighted by atomic mass is 35.5. The molecular weight excluding hydrogens is 310 g/mol. The number of hydrazone groups is 1. The minimum absolute atomic E-state index is 0.0182. The molecular formula is C10H8ClN3O3S2. The van der Waals surface area contributed by atoms with Crippen LogP contribution >= 0.6 is 35.6 Å². The average molecular weight is 318 g/mol. The minimum Gasteiger partial charge on any atom is -0.595 e. The second kappa shape index (κ2) is 5.95. The van der Waals surface area contributed by atoms with E-state index in [0.717, 1.165) is 5.01 Å². The number of nitrogens with one attached hydrogen (secondary N) is 1. The van der Waals surface area contributed by atoms with Crippen LogP contribution in [0.4, 0.5) is 5.69 Å².